The van der Waals surface area contributed by atoms with E-state index < -0.39 is 0 Å². The zero-order valence-electron chi connectivity index (χ0n) is 7.79. The summed E-state index contributed by atoms with van der Waals surface area (Å²) in [6.45, 7) is 2.08. The number of piperidine rings is 1. The number of halogens is 1. The van der Waals surface area contributed by atoms with Gasteiger partial charge in [-0.15, -0.1) is 12.4 Å². The number of nitrogens with one attached hydrogen (secondary N) is 1. The van der Waals surface area contributed by atoms with Gasteiger partial charge >= 0.3 is 5.97 Å². The molecule has 1 saturated carbocycles. The van der Waals surface area contributed by atoms with E-state index in [4.69, 9.17) is 4.74 Å². The van der Waals surface area contributed by atoms with Crippen LogP contribution in [0.25, 0.3) is 0 Å². The lowest BCUT2D eigenvalue weighted by Gasteiger charge is -2.20. The lowest BCUT2D eigenvalue weighted by molar-refractivity contribution is -0.146. The van der Waals surface area contributed by atoms with Crippen molar-refractivity contribution >= 4 is 18.4 Å². The number of carbonyl (C=O) groups excluding carboxylic acids is 1. The molecular weight excluding hydrogens is 190 g/mol. The molecule has 2 bridgehead atoms. The molecular formula is C9H16ClNO2. The Morgan fingerprint density at radius 1 is 1.38 bits per heavy atom. The molecule has 2 fully saturated rings. The quantitative estimate of drug-likeness (QED) is 0.645. The highest BCUT2D eigenvalue weighted by atomic mass is 35.5. The molecule has 13 heavy (non-hydrogen) atoms. The third-order valence-corrected chi connectivity index (χ3v) is 3.14. The fourth-order valence-corrected chi connectivity index (χ4v) is 2.55. The van der Waals surface area contributed by atoms with Gasteiger partial charge in [-0.25, -0.2) is 0 Å². The zero-order valence-corrected chi connectivity index (χ0v) is 8.60. The van der Waals surface area contributed by atoms with E-state index in [-0.39, 0.29) is 24.3 Å². The second-order valence-electron chi connectivity index (χ2n) is 3.89. The van der Waals surface area contributed by atoms with E-state index in [0.29, 0.717) is 11.8 Å². The SMILES string of the molecule is COC(=O)[C@@H]1C[C@@H]2CNC[C@H]1C2.Cl. The monoisotopic (exact) mass is 205 g/mol. The topological polar surface area (TPSA) is 38.3 Å². The average molecular weight is 206 g/mol. The first kappa shape index (κ1) is 10.8. The Labute approximate surface area is 84.6 Å². The molecule has 0 amide bonds. The number of ether oxygens (including phenoxy) is 1. The van der Waals surface area contributed by atoms with Crippen molar-refractivity contribution in [2.75, 3.05) is 20.2 Å². The second-order valence-corrected chi connectivity index (χ2v) is 3.89. The van der Waals surface area contributed by atoms with Crippen molar-refractivity contribution in [1.82, 2.24) is 5.32 Å². The van der Waals surface area contributed by atoms with Gasteiger partial charge in [-0.3, -0.25) is 4.79 Å². The number of fused-ring (bicyclic) bond motifs is 2. The van der Waals surface area contributed by atoms with Crippen molar-refractivity contribution in [1.29, 1.82) is 0 Å². The first-order valence-corrected chi connectivity index (χ1v) is 4.60. The van der Waals surface area contributed by atoms with Crippen LogP contribution in [0.1, 0.15) is 12.8 Å². The molecule has 1 aliphatic carbocycles. The maximum absolute atomic E-state index is 11.3. The minimum atomic E-state index is -0.00815. The van der Waals surface area contributed by atoms with E-state index >= 15 is 0 Å². The average Bonchev–Trinajstić information content (AvgIpc) is 2.40. The number of rotatable bonds is 1. The first-order chi connectivity index (χ1) is 5.81. The standard InChI is InChI=1S/C9H15NO2.ClH/c1-12-9(11)8-3-6-2-7(8)5-10-4-6;/h6-8,10H,2-5H2,1H3;1H/t6-,7-,8-;/m1./s1. The molecule has 0 spiro atoms. The van der Waals surface area contributed by atoms with Crippen LogP contribution in [-0.2, 0) is 9.53 Å². The van der Waals surface area contributed by atoms with Crippen LogP contribution in [-0.4, -0.2) is 26.2 Å². The van der Waals surface area contributed by atoms with Crippen LogP contribution in [0, 0.1) is 17.8 Å². The molecule has 3 atom stereocenters. The van der Waals surface area contributed by atoms with E-state index in [2.05, 4.69) is 5.32 Å². The fraction of sp³-hybridized carbons (Fsp3) is 0.889. The molecule has 0 unspecified atom stereocenters. The Morgan fingerprint density at radius 3 is 2.77 bits per heavy atom. The Balaban J connectivity index is 0.000000845. The molecule has 2 rings (SSSR count). The molecule has 1 heterocycles. The molecule has 3 nitrogen and oxygen atoms in total. The van der Waals surface area contributed by atoms with Gasteiger partial charge in [0.25, 0.3) is 0 Å². The van der Waals surface area contributed by atoms with Gasteiger partial charge in [0, 0.05) is 0 Å². The van der Waals surface area contributed by atoms with Gasteiger partial charge < -0.3 is 10.1 Å². The Morgan fingerprint density at radius 2 is 2.15 bits per heavy atom. The van der Waals surface area contributed by atoms with E-state index in [1.54, 1.807) is 0 Å². The maximum atomic E-state index is 11.3. The van der Waals surface area contributed by atoms with Crippen LogP contribution in [0.3, 0.4) is 0 Å². The number of esters is 1. The summed E-state index contributed by atoms with van der Waals surface area (Å²) in [6, 6.07) is 0. The molecule has 0 aromatic heterocycles. The summed E-state index contributed by atoms with van der Waals surface area (Å²) in [7, 11) is 1.48. The van der Waals surface area contributed by atoms with Gasteiger partial charge in [-0.2, -0.15) is 0 Å². The van der Waals surface area contributed by atoms with E-state index in [1.165, 1.54) is 13.5 Å². The van der Waals surface area contributed by atoms with Crippen molar-refractivity contribution in [3.8, 4) is 0 Å². The van der Waals surface area contributed by atoms with E-state index in [0.717, 1.165) is 19.5 Å². The zero-order chi connectivity index (χ0) is 8.55. The van der Waals surface area contributed by atoms with Crippen molar-refractivity contribution < 1.29 is 9.53 Å². The number of methoxy groups -OCH3 is 1. The summed E-state index contributed by atoms with van der Waals surface area (Å²) in [5, 5.41) is 3.35. The Hall–Kier alpha value is -0.280. The fourth-order valence-electron chi connectivity index (χ4n) is 2.55. The molecule has 0 aromatic rings. The summed E-state index contributed by atoms with van der Waals surface area (Å²) in [4.78, 5) is 11.3. The first-order valence-electron chi connectivity index (χ1n) is 4.60. The maximum Gasteiger partial charge on any atom is 0.308 e. The lowest BCUT2D eigenvalue weighted by atomic mass is 9.95. The summed E-state index contributed by atoms with van der Waals surface area (Å²) >= 11 is 0. The largest absolute Gasteiger partial charge is 0.469 e. The predicted octanol–water partition coefficient (Wildman–Crippen LogP) is 0.827. The highest BCUT2D eigenvalue weighted by molar-refractivity contribution is 5.85. The van der Waals surface area contributed by atoms with Crippen LogP contribution in [0.4, 0.5) is 0 Å². The van der Waals surface area contributed by atoms with E-state index in [1.807, 2.05) is 0 Å². The van der Waals surface area contributed by atoms with Gasteiger partial charge in [0.05, 0.1) is 13.0 Å². The van der Waals surface area contributed by atoms with Crippen LogP contribution in [0.2, 0.25) is 0 Å². The molecule has 0 radical (unpaired) electrons. The predicted molar refractivity (Wildman–Crippen MR) is 51.8 cm³/mol. The normalized spacial score (nSPS) is 36.5. The molecule has 1 saturated heterocycles. The molecule has 76 valence electrons. The minimum Gasteiger partial charge on any atom is -0.469 e. The smallest absolute Gasteiger partial charge is 0.308 e. The van der Waals surface area contributed by atoms with Gasteiger partial charge in [0.1, 0.15) is 0 Å². The van der Waals surface area contributed by atoms with Gasteiger partial charge in [-0.05, 0) is 37.8 Å². The van der Waals surface area contributed by atoms with Crippen molar-refractivity contribution in [2.24, 2.45) is 17.8 Å². The summed E-state index contributed by atoms with van der Waals surface area (Å²) < 4.78 is 4.78. The third-order valence-electron chi connectivity index (χ3n) is 3.14. The molecule has 2 aliphatic rings. The number of carbonyl (C=O) groups is 1. The van der Waals surface area contributed by atoms with Crippen LogP contribution >= 0.6 is 12.4 Å². The Bertz CT molecular complexity index is 198. The highest BCUT2D eigenvalue weighted by Gasteiger charge is 2.41. The lowest BCUT2D eigenvalue weighted by Crippen LogP contribution is -2.33. The molecule has 4 heteroatoms. The highest BCUT2D eigenvalue weighted by Crippen LogP contribution is 2.38. The number of hydrogen-bond acceptors (Lipinski definition) is 3. The van der Waals surface area contributed by atoms with Crippen molar-refractivity contribution in [3.05, 3.63) is 0 Å². The van der Waals surface area contributed by atoms with Crippen molar-refractivity contribution in [3.63, 3.8) is 0 Å². The molecule has 1 aliphatic heterocycles. The van der Waals surface area contributed by atoms with Crippen molar-refractivity contribution in [2.45, 2.75) is 12.8 Å². The second kappa shape index (κ2) is 4.29. The van der Waals surface area contributed by atoms with E-state index in [9.17, 15) is 4.79 Å². The molecule has 0 aromatic carbocycles. The third kappa shape index (κ3) is 1.97. The summed E-state index contributed by atoms with van der Waals surface area (Å²) in [5.41, 5.74) is 0. The Kier molecular flexibility index (Phi) is 3.56. The molecule has 1 N–H and O–H groups in total. The van der Waals surface area contributed by atoms with Gasteiger partial charge in [0.2, 0.25) is 0 Å². The summed E-state index contributed by atoms with van der Waals surface area (Å²) in [6.07, 6.45) is 2.25. The number of hydrogen-bond donors (Lipinski definition) is 1. The van der Waals surface area contributed by atoms with Gasteiger partial charge in [-0.1, -0.05) is 0 Å². The van der Waals surface area contributed by atoms with Crippen LogP contribution < -0.4 is 5.32 Å². The minimum absolute atomic E-state index is 0. The van der Waals surface area contributed by atoms with Crippen LogP contribution in [0.5, 0.6) is 0 Å². The summed E-state index contributed by atoms with van der Waals surface area (Å²) in [5.74, 6) is 1.42. The van der Waals surface area contributed by atoms with Crippen LogP contribution in [0.15, 0.2) is 0 Å². The van der Waals surface area contributed by atoms with Gasteiger partial charge in [0.15, 0.2) is 0 Å².